The number of hydrogen-bond acceptors (Lipinski definition) is 6. The van der Waals surface area contributed by atoms with E-state index >= 15 is 0 Å². The molecule has 0 fully saturated rings. The standard InChI is InChI=1S/C23H22O6/c1-16(24)28-20-13-8-14-21(29-23(26)18-11-6-3-7-12-18)19(20)15-27-22(25)17-9-4-2-5-10-17/h2-13,19-21H,14-15H2,1H3/t19-,20+,21-/m0/s1. The van der Waals surface area contributed by atoms with Gasteiger partial charge in [0.05, 0.1) is 17.0 Å². The van der Waals surface area contributed by atoms with Crippen LogP contribution in [0.3, 0.4) is 0 Å². The van der Waals surface area contributed by atoms with Crippen molar-refractivity contribution in [3.05, 3.63) is 83.9 Å². The molecule has 0 aliphatic heterocycles. The van der Waals surface area contributed by atoms with Gasteiger partial charge in [-0.1, -0.05) is 42.5 Å². The molecule has 6 nitrogen and oxygen atoms in total. The second-order valence-corrected chi connectivity index (χ2v) is 6.68. The van der Waals surface area contributed by atoms with Gasteiger partial charge in [0, 0.05) is 13.3 Å². The fourth-order valence-corrected chi connectivity index (χ4v) is 3.14. The smallest absolute Gasteiger partial charge is 0.338 e. The maximum absolute atomic E-state index is 12.5. The van der Waals surface area contributed by atoms with Gasteiger partial charge in [-0.05, 0) is 30.3 Å². The van der Waals surface area contributed by atoms with E-state index in [0.717, 1.165) is 0 Å². The van der Waals surface area contributed by atoms with E-state index in [0.29, 0.717) is 17.5 Å². The topological polar surface area (TPSA) is 78.9 Å². The Morgan fingerprint density at radius 1 is 0.862 bits per heavy atom. The van der Waals surface area contributed by atoms with Crippen molar-refractivity contribution >= 4 is 17.9 Å². The molecule has 0 saturated carbocycles. The van der Waals surface area contributed by atoms with Crippen LogP contribution in [-0.2, 0) is 19.0 Å². The van der Waals surface area contributed by atoms with E-state index in [1.807, 2.05) is 6.07 Å². The van der Waals surface area contributed by atoms with Gasteiger partial charge in [-0.15, -0.1) is 0 Å². The van der Waals surface area contributed by atoms with Gasteiger partial charge in [-0.25, -0.2) is 9.59 Å². The van der Waals surface area contributed by atoms with Gasteiger partial charge in [0.15, 0.2) is 0 Å². The molecule has 3 atom stereocenters. The van der Waals surface area contributed by atoms with Gasteiger partial charge in [0.2, 0.25) is 0 Å². The van der Waals surface area contributed by atoms with Gasteiger partial charge in [0.25, 0.3) is 0 Å². The zero-order valence-corrected chi connectivity index (χ0v) is 16.0. The summed E-state index contributed by atoms with van der Waals surface area (Å²) >= 11 is 0. The first kappa shape index (κ1) is 20.3. The van der Waals surface area contributed by atoms with E-state index in [4.69, 9.17) is 14.2 Å². The molecule has 29 heavy (non-hydrogen) atoms. The highest BCUT2D eigenvalue weighted by Crippen LogP contribution is 2.27. The average Bonchev–Trinajstić information content (AvgIpc) is 2.74. The summed E-state index contributed by atoms with van der Waals surface area (Å²) in [7, 11) is 0. The van der Waals surface area contributed by atoms with Crippen LogP contribution in [0.4, 0.5) is 0 Å². The molecule has 1 aliphatic carbocycles. The third kappa shape index (κ3) is 5.54. The van der Waals surface area contributed by atoms with Gasteiger partial charge in [-0.3, -0.25) is 4.79 Å². The molecule has 0 amide bonds. The lowest BCUT2D eigenvalue weighted by Gasteiger charge is -2.33. The SMILES string of the molecule is CC(=O)O[C@@H]1C=CC[C@H](OC(=O)c2ccccc2)[C@H]1COC(=O)c1ccccc1. The molecule has 6 heteroatoms. The Morgan fingerprint density at radius 3 is 2.03 bits per heavy atom. The molecule has 0 aromatic heterocycles. The zero-order chi connectivity index (χ0) is 20.6. The number of esters is 3. The first-order valence-corrected chi connectivity index (χ1v) is 9.36. The number of ether oxygens (including phenoxy) is 3. The molecule has 0 radical (unpaired) electrons. The van der Waals surface area contributed by atoms with Crippen LogP contribution < -0.4 is 0 Å². The third-order valence-corrected chi connectivity index (χ3v) is 4.58. The van der Waals surface area contributed by atoms with Gasteiger partial charge in [-0.2, -0.15) is 0 Å². The van der Waals surface area contributed by atoms with Crippen LogP contribution in [0.1, 0.15) is 34.1 Å². The summed E-state index contributed by atoms with van der Waals surface area (Å²) in [6.07, 6.45) is 2.71. The lowest BCUT2D eigenvalue weighted by Crippen LogP contribution is -2.42. The summed E-state index contributed by atoms with van der Waals surface area (Å²) in [5, 5.41) is 0. The number of carbonyl (C=O) groups excluding carboxylic acids is 3. The minimum absolute atomic E-state index is 0.0528. The van der Waals surface area contributed by atoms with Crippen molar-refractivity contribution in [3.8, 4) is 0 Å². The van der Waals surface area contributed by atoms with Crippen molar-refractivity contribution < 1.29 is 28.6 Å². The molecule has 0 bridgehead atoms. The lowest BCUT2D eigenvalue weighted by atomic mass is 9.89. The maximum atomic E-state index is 12.5. The van der Waals surface area contributed by atoms with Crippen LogP contribution in [0, 0.1) is 5.92 Å². The summed E-state index contributed by atoms with van der Waals surface area (Å²) in [6, 6.07) is 17.2. The van der Waals surface area contributed by atoms with Crippen molar-refractivity contribution in [3.63, 3.8) is 0 Å². The van der Waals surface area contributed by atoms with E-state index in [-0.39, 0.29) is 6.61 Å². The number of benzene rings is 2. The fourth-order valence-electron chi connectivity index (χ4n) is 3.14. The predicted molar refractivity (Wildman–Crippen MR) is 105 cm³/mol. The maximum Gasteiger partial charge on any atom is 0.338 e. The highest BCUT2D eigenvalue weighted by atomic mass is 16.6. The summed E-state index contributed by atoms with van der Waals surface area (Å²) in [4.78, 5) is 36.3. The van der Waals surface area contributed by atoms with Crippen molar-refractivity contribution in [1.29, 1.82) is 0 Å². The zero-order valence-electron chi connectivity index (χ0n) is 16.0. The van der Waals surface area contributed by atoms with E-state index in [1.54, 1.807) is 66.7 Å². The third-order valence-electron chi connectivity index (χ3n) is 4.58. The van der Waals surface area contributed by atoms with E-state index in [1.165, 1.54) is 6.92 Å². The Bertz CT molecular complexity index is 875. The highest BCUT2D eigenvalue weighted by molar-refractivity contribution is 5.90. The molecule has 150 valence electrons. The summed E-state index contributed by atoms with van der Waals surface area (Å²) in [5.74, 6) is -1.94. The predicted octanol–water partition coefficient (Wildman–Crippen LogP) is 3.58. The van der Waals surface area contributed by atoms with Gasteiger partial charge in [0.1, 0.15) is 18.8 Å². The molecule has 3 rings (SSSR count). The molecule has 2 aromatic rings. The van der Waals surface area contributed by atoms with Crippen LogP contribution >= 0.6 is 0 Å². The van der Waals surface area contributed by atoms with Gasteiger partial charge < -0.3 is 14.2 Å². The normalized spacial score (nSPS) is 20.5. The molecule has 0 unspecified atom stereocenters. The highest BCUT2D eigenvalue weighted by Gasteiger charge is 2.36. The average molecular weight is 394 g/mol. The Hall–Kier alpha value is -3.41. The molecular weight excluding hydrogens is 372 g/mol. The Balaban J connectivity index is 1.72. The van der Waals surface area contributed by atoms with E-state index in [2.05, 4.69) is 0 Å². The van der Waals surface area contributed by atoms with Crippen LogP contribution in [-0.4, -0.2) is 36.7 Å². The van der Waals surface area contributed by atoms with Crippen molar-refractivity contribution in [1.82, 2.24) is 0 Å². The Morgan fingerprint density at radius 2 is 1.45 bits per heavy atom. The molecular formula is C23H22O6. The van der Waals surface area contributed by atoms with Crippen LogP contribution in [0.25, 0.3) is 0 Å². The summed E-state index contributed by atoms with van der Waals surface area (Å²) in [6.45, 7) is 1.25. The van der Waals surface area contributed by atoms with Crippen LogP contribution in [0.5, 0.6) is 0 Å². The molecule has 0 heterocycles. The van der Waals surface area contributed by atoms with Crippen LogP contribution in [0.15, 0.2) is 72.8 Å². The summed E-state index contributed by atoms with van der Waals surface area (Å²) < 4.78 is 16.5. The fraction of sp³-hybridized carbons (Fsp3) is 0.261. The number of hydrogen-bond donors (Lipinski definition) is 0. The number of carbonyl (C=O) groups is 3. The molecule has 2 aromatic carbocycles. The van der Waals surface area contributed by atoms with Gasteiger partial charge >= 0.3 is 17.9 Å². The van der Waals surface area contributed by atoms with Crippen molar-refractivity contribution in [2.45, 2.75) is 25.6 Å². The second kappa shape index (κ2) is 9.68. The first-order valence-electron chi connectivity index (χ1n) is 9.36. The minimum atomic E-state index is -0.654. The van der Waals surface area contributed by atoms with Crippen LogP contribution in [0.2, 0.25) is 0 Å². The second-order valence-electron chi connectivity index (χ2n) is 6.68. The van der Waals surface area contributed by atoms with Crippen molar-refractivity contribution in [2.75, 3.05) is 6.61 Å². The number of rotatable bonds is 6. The molecule has 0 N–H and O–H groups in total. The quantitative estimate of drug-likeness (QED) is 0.423. The van der Waals surface area contributed by atoms with E-state index < -0.39 is 36.0 Å². The molecule has 0 saturated heterocycles. The van der Waals surface area contributed by atoms with Crippen molar-refractivity contribution in [2.24, 2.45) is 5.92 Å². The Kier molecular flexibility index (Phi) is 6.79. The first-order chi connectivity index (χ1) is 14.0. The molecule has 0 spiro atoms. The lowest BCUT2D eigenvalue weighted by molar-refractivity contribution is -0.149. The minimum Gasteiger partial charge on any atom is -0.461 e. The molecule has 1 aliphatic rings. The summed E-state index contributed by atoms with van der Waals surface area (Å²) in [5.41, 5.74) is 0.840. The monoisotopic (exact) mass is 394 g/mol. The Labute approximate surface area is 169 Å². The van der Waals surface area contributed by atoms with E-state index in [9.17, 15) is 14.4 Å². The largest absolute Gasteiger partial charge is 0.461 e.